The van der Waals surface area contributed by atoms with Crippen LogP contribution in [-0.2, 0) is 9.53 Å². The van der Waals surface area contributed by atoms with Gasteiger partial charge in [0.25, 0.3) is 0 Å². The molecule has 1 fully saturated rings. The normalized spacial score (nSPS) is 31.4. The fourth-order valence-electron chi connectivity index (χ4n) is 4.71. The molecule has 3 heteroatoms. The third kappa shape index (κ3) is 4.84. The van der Waals surface area contributed by atoms with Crippen LogP contribution in [0, 0.1) is 23.7 Å². The Morgan fingerprint density at radius 1 is 1.44 bits per heavy atom. The molecule has 0 amide bonds. The second-order valence-corrected chi connectivity index (χ2v) is 8.27. The Hall–Kier alpha value is -1.35. The van der Waals surface area contributed by atoms with Crippen molar-refractivity contribution < 1.29 is 14.6 Å². The topological polar surface area (TPSA) is 46.5 Å². The minimum atomic E-state index is -0.345. The van der Waals surface area contributed by atoms with Crippen molar-refractivity contribution in [2.75, 3.05) is 0 Å². The first-order chi connectivity index (χ1) is 11.7. The number of esters is 1. The lowest BCUT2D eigenvalue weighted by Crippen LogP contribution is -2.35. The monoisotopic (exact) mass is 346 g/mol. The van der Waals surface area contributed by atoms with E-state index in [0.29, 0.717) is 5.92 Å². The van der Waals surface area contributed by atoms with E-state index in [-0.39, 0.29) is 35.9 Å². The third-order valence-corrected chi connectivity index (χ3v) is 5.95. The highest BCUT2D eigenvalue weighted by Gasteiger charge is 2.42. The highest BCUT2D eigenvalue weighted by molar-refractivity contribution is 5.66. The number of fused-ring (bicyclic) bond motifs is 1. The summed E-state index contributed by atoms with van der Waals surface area (Å²) in [7, 11) is 0. The average Bonchev–Trinajstić information content (AvgIpc) is 2.81. The van der Waals surface area contributed by atoms with Gasteiger partial charge in [0.2, 0.25) is 0 Å². The maximum Gasteiger partial charge on any atom is 0.303 e. The molecule has 2 rings (SSSR count). The van der Waals surface area contributed by atoms with E-state index in [1.807, 2.05) is 19.9 Å². The van der Waals surface area contributed by atoms with E-state index in [9.17, 15) is 9.90 Å². The van der Waals surface area contributed by atoms with Crippen LogP contribution in [-0.4, -0.2) is 23.3 Å². The summed E-state index contributed by atoms with van der Waals surface area (Å²) in [4.78, 5) is 11.4. The van der Waals surface area contributed by atoms with Gasteiger partial charge in [-0.3, -0.25) is 4.79 Å². The summed E-state index contributed by atoms with van der Waals surface area (Å²) in [5.41, 5.74) is 3.73. The molecule has 25 heavy (non-hydrogen) atoms. The van der Waals surface area contributed by atoms with Crippen molar-refractivity contribution in [3.63, 3.8) is 0 Å². The maximum absolute atomic E-state index is 11.4. The molecule has 0 aromatic heterocycles. The first kappa shape index (κ1) is 20.0. The van der Waals surface area contributed by atoms with Gasteiger partial charge in [-0.25, -0.2) is 0 Å². The average molecular weight is 347 g/mol. The molecule has 0 aliphatic heterocycles. The standard InChI is InChI=1S/C22H34O3/c1-13(2)11-18(25-17(6)23)12-16(5)20-10-7-14(3)19-9-8-15(4)21(19)22(20)24/h8,11,16,18-22,24H,3,7,9-10,12H2,1-2,4-6H3/t16?,18?,19-,20-,21+,22+/m0/s1. The van der Waals surface area contributed by atoms with Crippen LogP contribution < -0.4 is 0 Å². The summed E-state index contributed by atoms with van der Waals surface area (Å²) < 4.78 is 5.49. The number of ether oxygens (including phenoxy) is 1. The van der Waals surface area contributed by atoms with Gasteiger partial charge in [0, 0.05) is 12.8 Å². The van der Waals surface area contributed by atoms with Gasteiger partial charge in [-0.15, -0.1) is 0 Å². The molecule has 2 aliphatic carbocycles. The number of aliphatic hydroxyl groups is 1. The van der Waals surface area contributed by atoms with Crippen LogP contribution in [0.3, 0.4) is 0 Å². The predicted molar refractivity (Wildman–Crippen MR) is 102 cm³/mol. The number of carbonyl (C=O) groups excluding carboxylic acids is 1. The number of hydrogen-bond acceptors (Lipinski definition) is 3. The van der Waals surface area contributed by atoms with Crippen LogP contribution in [0.4, 0.5) is 0 Å². The van der Waals surface area contributed by atoms with Crippen molar-refractivity contribution in [1.82, 2.24) is 0 Å². The second-order valence-electron chi connectivity index (χ2n) is 8.27. The summed E-state index contributed by atoms with van der Waals surface area (Å²) in [6.07, 6.45) is 7.43. The van der Waals surface area contributed by atoms with Gasteiger partial charge in [0.05, 0.1) is 6.10 Å². The highest BCUT2D eigenvalue weighted by Crippen LogP contribution is 2.47. The largest absolute Gasteiger partial charge is 0.458 e. The van der Waals surface area contributed by atoms with Gasteiger partial charge in [-0.1, -0.05) is 36.3 Å². The van der Waals surface area contributed by atoms with Crippen molar-refractivity contribution >= 4 is 5.97 Å². The SMILES string of the molecule is C=C1CC[C@@H](C(C)CC(C=C(C)C)OC(C)=O)[C@@H](O)[C@@H]2C(C)=CC[C@@H]12. The molecule has 0 heterocycles. The Morgan fingerprint density at radius 2 is 2.12 bits per heavy atom. The number of carbonyl (C=O) groups is 1. The molecule has 3 nitrogen and oxygen atoms in total. The smallest absolute Gasteiger partial charge is 0.303 e. The molecule has 0 aromatic carbocycles. The Balaban J connectivity index is 2.14. The zero-order valence-corrected chi connectivity index (χ0v) is 16.4. The molecule has 0 radical (unpaired) electrons. The van der Waals surface area contributed by atoms with E-state index in [1.54, 1.807) is 0 Å². The van der Waals surface area contributed by atoms with Gasteiger partial charge < -0.3 is 9.84 Å². The third-order valence-electron chi connectivity index (χ3n) is 5.95. The summed E-state index contributed by atoms with van der Waals surface area (Å²) >= 11 is 0. The summed E-state index contributed by atoms with van der Waals surface area (Å²) in [5.74, 6) is 0.832. The molecule has 0 bridgehead atoms. The molecular formula is C22H34O3. The zero-order chi connectivity index (χ0) is 18.7. The summed E-state index contributed by atoms with van der Waals surface area (Å²) in [6.45, 7) is 14.1. The molecule has 140 valence electrons. The van der Waals surface area contributed by atoms with E-state index in [2.05, 4.69) is 26.5 Å². The van der Waals surface area contributed by atoms with Gasteiger partial charge in [-0.2, -0.15) is 0 Å². The molecule has 0 aromatic rings. The molecule has 0 spiro atoms. The van der Waals surface area contributed by atoms with Crippen molar-refractivity contribution in [3.8, 4) is 0 Å². The summed E-state index contributed by atoms with van der Waals surface area (Å²) in [5, 5.41) is 11.1. The highest BCUT2D eigenvalue weighted by atomic mass is 16.5. The van der Waals surface area contributed by atoms with Crippen LogP contribution in [0.25, 0.3) is 0 Å². The Morgan fingerprint density at radius 3 is 2.72 bits per heavy atom. The van der Waals surface area contributed by atoms with Crippen LogP contribution >= 0.6 is 0 Å². The number of hydrogen-bond donors (Lipinski definition) is 1. The van der Waals surface area contributed by atoms with Gasteiger partial charge in [0.1, 0.15) is 6.10 Å². The molecule has 2 unspecified atom stereocenters. The Labute approximate surface area is 152 Å². The van der Waals surface area contributed by atoms with Gasteiger partial charge >= 0.3 is 5.97 Å². The Bertz CT molecular complexity index is 568. The fourth-order valence-corrected chi connectivity index (χ4v) is 4.71. The molecule has 1 saturated carbocycles. The number of rotatable bonds is 5. The number of allylic oxidation sites excluding steroid dienone is 3. The van der Waals surface area contributed by atoms with Crippen LogP contribution in [0.2, 0.25) is 0 Å². The van der Waals surface area contributed by atoms with Gasteiger partial charge in [0.15, 0.2) is 0 Å². The molecule has 0 saturated heterocycles. The lowest BCUT2D eigenvalue weighted by Gasteiger charge is -2.33. The van der Waals surface area contributed by atoms with E-state index in [4.69, 9.17) is 4.74 Å². The van der Waals surface area contributed by atoms with E-state index < -0.39 is 0 Å². The predicted octanol–water partition coefficient (Wildman–Crippen LogP) is 4.82. The fraction of sp³-hybridized carbons (Fsp3) is 0.682. The minimum Gasteiger partial charge on any atom is -0.458 e. The van der Waals surface area contributed by atoms with E-state index >= 15 is 0 Å². The lowest BCUT2D eigenvalue weighted by atomic mass is 9.76. The quantitative estimate of drug-likeness (QED) is 0.573. The van der Waals surface area contributed by atoms with Crippen molar-refractivity contribution in [1.29, 1.82) is 0 Å². The number of aliphatic hydroxyl groups excluding tert-OH is 1. The lowest BCUT2D eigenvalue weighted by molar-refractivity contribution is -0.145. The van der Waals surface area contributed by atoms with E-state index in [0.717, 1.165) is 31.3 Å². The Kier molecular flexibility index (Phi) is 6.67. The van der Waals surface area contributed by atoms with E-state index in [1.165, 1.54) is 18.1 Å². The molecule has 1 N–H and O–H groups in total. The zero-order valence-electron chi connectivity index (χ0n) is 16.4. The van der Waals surface area contributed by atoms with Crippen LogP contribution in [0.1, 0.15) is 60.3 Å². The van der Waals surface area contributed by atoms with Crippen molar-refractivity contribution in [2.24, 2.45) is 23.7 Å². The van der Waals surface area contributed by atoms with Crippen molar-refractivity contribution in [2.45, 2.75) is 72.5 Å². The first-order valence-corrected chi connectivity index (χ1v) is 9.55. The second kappa shape index (κ2) is 8.35. The molecular weight excluding hydrogens is 312 g/mol. The first-order valence-electron chi connectivity index (χ1n) is 9.55. The van der Waals surface area contributed by atoms with Crippen LogP contribution in [0.15, 0.2) is 35.5 Å². The van der Waals surface area contributed by atoms with Crippen molar-refractivity contribution in [3.05, 3.63) is 35.5 Å². The minimum absolute atomic E-state index is 0.205. The van der Waals surface area contributed by atoms with Gasteiger partial charge in [-0.05, 0) is 70.3 Å². The summed E-state index contributed by atoms with van der Waals surface area (Å²) in [6, 6.07) is 0. The molecule has 6 atom stereocenters. The van der Waals surface area contributed by atoms with Crippen LogP contribution in [0.5, 0.6) is 0 Å². The molecule has 2 aliphatic rings. The maximum atomic E-state index is 11.4.